The van der Waals surface area contributed by atoms with Gasteiger partial charge in [0.15, 0.2) is 5.70 Å². The van der Waals surface area contributed by atoms with Crippen molar-refractivity contribution < 1.29 is 27.9 Å². The molecule has 0 unspecified atom stereocenters. The van der Waals surface area contributed by atoms with Crippen LogP contribution in [0.25, 0.3) is 0 Å². The van der Waals surface area contributed by atoms with Crippen molar-refractivity contribution in [3.05, 3.63) is 11.8 Å². The van der Waals surface area contributed by atoms with Crippen molar-refractivity contribution in [2.24, 2.45) is 22.1 Å². The standard InChI is InChI=1S/C11H12F3N3O3/c1-10(3-6(15-16-10)11(12,13)14)5-4-17(2)8(18)7(5)9(19)20/h3,5,7H,4H2,1-2H3,(H,19,20)/t5-,7+,10-/m0/s1. The second-order valence-electron chi connectivity index (χ2n) is 5.09. The molecule has 9 heteroatoms. The Labute approximate surface area is 112 Å². The summed E-state index contributed by atoms with van der Waals surface area (Å²) >= 11 is 0. The van der Waals surface area contributed by atoms with Crippen LogP contribution in [0, 0.1) is 11.8 Å². The Morgan fingerprint density at radius 1 is 1.55 bits per heavy atom. The minimum atomic E-state index is -4.64. The second kappa shape index (κ2) is 4.29. The zero-order valence-electron chi connectivity index (χ0n) is 10.7. The minimum Gasteiger partial charge on any atom is -0.481 e. The summed E-state index contributed by atoms with van der Waals surface area (Å²) in [5.41, 5.74) is -2.61. The quantitative estimate of drug-likeness (QED) is 0.782. The lowest BCUT2D eigenvalue weighted by Gasteiger charge is -2.26. The molecule has 0 aliphatic carbocycles. The molecule has 0 radical (unpaired) electrons. The van der Waals surface area contributed by atoms with Crippen LogP contribution in [0.4, 0.5) is 13.2 Å². The average Bonchev–Trinajstić information content (AvgIpc) is 2.82. The van der Waals surface area contributed by atoms with Gasteiger partial charge < -0.3 is 10.0 Å². The predicted octanol–water partition coefficient (Wildman–Crippen LogP) is 1.45. The first-order chi connectivity index (χ1) is 9.06. The van der Waals surface area contributed by atoms with E-state index in [2.05, 4.69) is 10.2 Å². The molecule has 0 saturated carbocycles. The molecule has 2 rings (SSSR count). The van der Waals surface area contributed by atoms with Gasteiger partial charge in [0.2, 0.25) is 5.91 Å². The van der Waals surface area contributed by atoms with Crippen LogP contribution in [0.15, 0.2) is 22.0 Å². The summed E-state index contributed by atoms with van der Waals surface area (Å²) < 4.78 is 37.8. The molecule has 0 aromatic heterocycles. The number of hydrogen-bond donors (Lipinski definition) is 1. The van der Waals surface area contributed by atoms with Crippen LogP contribution in [0.1, 0.15) is 6.92 Å². The molecule has 110 valence electrons. The van der Waals surface area contributed by atoms with E-state index in [1.54, 1.807) is 0 Å². The second-order valence-corrected chi connectivity index (χ2v) is 5.09. The van der Waals surface area contributed by atoms with E-state index in [-0.39, 0.29) is 6.54 Å². The van der Waals surface area contributed by atoms with Gasteiger partial charge in [-0.2, -0.15) is 23.4 Å². The Balaban J connectivity index is 2.37. The van der Waals surface area contributed by atoms with E-state index in [4.69, 9.17) is 5.11 Å². The molecule has 2 aliphatic heterocycles. The first kappa shape index (κ1) is 14.5. The van der Waals surface area contributed by atoms with E-state index >= 15 is 0 Å². The lowest BCUT2D eigenvalue weighted by atomic mass is 9.79. The first-order valence-electron chi connectivity index (χ1n) is 5.77. The third-order valence-electron chi connectivity index (χ3n) is 3.62. The number of alkyl halides is 3. The van der Waals surface area contributed by atoms with Crippen molar-refractivity contribution in [2.45, 2.75) is 18.6 Å². The number of carbonyl (C=O) groups excluding carboxylic acids is 1. The Morgan fingerprint density at radius 2 is 2.15 bits per heavy atom. The molecule has 1 amide bonds. The first-order valence-corrected chi connectivity index (χ1v) is 5.77. The molecule has 0 bridgehead atoms. The van der Waals surface area contributed by atoms with Gasteiger partial charge in [0, 0.05) is 19.5 Å². The van der Waals surface area contributed by atoms with Crippen molar-refractivity contribution in [3.63, 3.8) is 0 Å². The number of carbonyl (C=O) groups is 2. The van der Waals surface area contributed by atoms with Gasteiger partial charge in [0.1, 0.15) is 11.5 Å². The van der Waals surface area contributed by atoms with E-state index in [9.17, 15) is 22.8 Å². The highest BCUT2D eigenvalue weighted by Gasteiger charge is 2.54. The molecule has 0 aromatic carbocycles. The van der Waals surface area contributed by atoms with Crippen LogP contribution in [0.3, 0.4) is 0 Å². The van der Waals surface area contributed by atoms with Crippen LogP contribution < -0.4 is 0 Å². The normalized spacial score (nSPS) is 33.8. The van der Waals surface area contributed by atoms with Crippen LogP contribution >= 0.6 is 0 Å². The Hall–Kier alpha value is -1.93. The highest BCUT2D eigenvalue weighted by molar-refractivity contribution is 5.99. The summed E-state index contributed by atoms with van der Waals surface area (Å²) in [6.07, 6.45) is -3.85. The zero-order valence-corrected chi connectivity index (χ0v) is 10.7. The van der Waals surface area contributed by atoms with Gasteiger partial charge in [-0.25, -0.2) is 0 Å². The molecular formula is C11H12F3N3O3. The number of rotatable bonds is 2. The fraction of sp³-hybridized carbons (Fsp3) is 0.636. The number of halogens is 3. The average molecular weight is 291 g/mol. The molecule has 1 saturated heterocycles. The van der Waals surface area contributed by atoms with Gasteiger partial charge in [-0.05, 0) is 13.0 Å². The molecule has 2 heterocycles. The minimum absolute atomic E-state index is 0.0208. The maximum atomic E-state index is 12.6. The van der Waals surface area contributed by atoms with E-state index in [1.165, 1.54) is 18.9 Å². The molecule has 3 atom stereocenters. The molecule has 0 spiro atoms. The van der Waals surface area contributed by atoms with Crippen molar-refractivity contribution >= 4 is 11.9 Å². The Morgan fingerprint density at radius 3 is 2.60 bits per heavy atom. The van der Waals surface area contributed by atoms with Crippen LogP contribution in [0.5, 0.6) is 0 Å². The lowest BCUT2D eigenvalue weighted by molar-refractivity contribution is -0.148. The molecule has 1 N–H and O–H groups in total. The Bertz CT molecular complexity index is 529. The van der Waals surface area contributed by atoms with Crippen molar-refractivity contribution in [3.8, 4) is 0 Å². The number of allylic oxidation sites excluding steroid dienone is 1. The van der Waals surface area contributed by atoms with Gasteiger partial charge in [0.25, 0.3) is 0 Å². The number of aliphatic carboxylic acids is 1. The van der Waals surface area contributed by atoms with Crippen LogP contribution in [0.2, 0.25) is 0 Å². The highest BCUT2D eigenvalue weighted by Crippen LogP contribution is 2.43. The summed E-state index contributed by atoms with van der Waals surface area (Å²) in [5, 5.41) is 15.8. The van der Waals surface area contributed by atoms with E-state index in [1.807, 2.05) is 0 Å². The topological polar surface area (TPSA) is 82.3 Å². The van der Waals surface area contributed by atoms with E-state index in [0.29, 0.717) is 0 Å². The molecule has 0 aromatic rings. The smallest absolute Gasteiger partial charge is 0.434 e. The number of carboxylic acids is 1. The fourth-order valence-corrected chi connectivity index (χ4v) is 2.52. The molecule has 1 fully saturated rings. The number of hydrogen-bond acceptors (Lipinski definition) is 4. The molecule has 20 heavy (non-hydrogen) atoms. The number of amides is 1. The summed E-state index contributed by atoms with van der Waals surface area (Å²) in [6, 6.07) is 0. The number of likely N-dealkylation sites (tertiary alicyclic amines) is 1. The number of carboxylic acid groups (broad SMARTS) is 1. The highest BCUT2D eigenvalue weighted by atomic mass is 19.4. The summed E-state index contributed by atoms with van der Waals surface area (Å²) in [5.74, 6) is -4.30. The summed E-state index contributed by atoms with van der Waals surface area (Å²) in [6.45, 7) is 1.37. The van der Waals surface area contributed by atoms with Crippen molar-refractivity contribution in [2.75, 3.05) is 13.6 Å². The van der Waals surface area contributed by atoms with Gasteiger partial charge in [-0.1, -0.05) is 0 Å². The van der Waals surface area contributed by atoms with E-state index < -0.39 is 41.1 Å². The lowest BCUT2D eigenvalue weighted by Crippen LogP contribution is -2.39. The number of nitrogens with zero attached hydrogens (tertiary/aromatic N) is 3. The van der Waals surface area contributed by atoms with E-state index in [0.717, 1.165) is 6.08 Å². The largest absolute Gasteiger partial charge is 0.481 e. The third-order valence-corrected chi connectivity index (χ3v) is 3.62. The maximum Gasteiger partial charge on any atom is 0.434 e. The maximum absolute atomic E-state index is 12.6. The van der Waals surface area contributed by atoms with Crippen molar-refractivity contribution in [1.29, 1.82) is 0 Å². The van der Waals surface area contributed by atoms with Gasteiger partial charge >= 0.3 is 12.1 Å². The number of azo groups is 1. The molecule has 6 nitrogen and oxygen atoms in total. The Kier molecular flexibility index (Phi) is 3.10. The summed E-state index contributed by atoms with van der Waals surface area (Å²) in [4.78, 5) is 24.1. The molecule has 2 aliphatic rings. The summed E-state index contributed by atoms with van der Waals surface area (Å²) in [7, 11) is 1.40. The fourth-order valence-electron chi connectivity index (χ4n) is 2.52. The van der Waals surface area contributed by atoms with Crippen molar-refractivity contribution in [1.82, 2.24) is 4.90 Å². The van der Waals surface area contributed by atoms with Crippen LogP contribution in [-0.4, -0.2) is 47.2 Å². The molecular weight excluding hydrogens is 279 g/mol. The predicted molar refractivity (Wildman–Crippen MR) is 59.7 cm³/mol. The third kappa shape index (κ3) is 2.16. The van der Waals surface area contributed by atoms with Crippen LogP contribution in [-0.2, 0) is 9.59 Å². The van der Waals surface area contributed by atoms with Gasteiger partial charge in [0.05, 0.1) is 0 Å². The SMILES string of the molecule is CN1C[C@H]([C@]2(C)C=C(C(F)(F)F)N=N2)[C@@H](C(=O)O)C1=O. The van der Waals surface area contributed by atoms with Gasteiger partial charge in [-0.15, -0.1) is 0 Å². The van der Waals surface area contributed by atoms with Gasteiger partial charge in [-0.3, -0.25) is 9.59 Å². The zero-order chi connectivity index (χ0) is 15.3. The monoisotopic (exact) mass is 291 g/mol.